The van der Waals surface area contributed by atoms with Crippen molar-refractivity contribution in [2.45, 2.75) is 45.1 Å². The summed E-state index contributed by atoms with van der Waals surface area (Å²) in [6, 6.07) is 27.5. The van der Waals surface area contributed by atoms with Crippen molar-refractivity contribution in [1.82, 2.24) is 9.97 Å². The number of benzene rings is 5. The Labute approximate surface area is 277 Å². The third kappa shape index (κ3) is 4.78. The molecule has 3 atom stereocenters. The fourth-order valence-corrected chi connectivity index (χ4v) is 7.46. The van der Waals surface area contributed by atoms with Gasteiger partial charge in [-0.15, -0.1) is 0 Å². The molecule has 2 aliphatic rings. The van der Waals surface area contributed by atoms with Gasteiger partial charge in [0.2, 0.25) is 0 Å². The molecule has 2 aliphatic heterocycles. The first-order valence-corrected chi connectivity index (χ1v) is 16.2. The second-order valence-corrected chi connectivity index (χ2v) is 13.2. The molecular formula is C40H33N3O5. The summed E-state index contributed by atoms with van der Waals surface area (Å²) >= 11 is 0. The maximum Gasteiger partial charge on any atom is 0.269 e. The van der Waals surface area contributed by atoms with Crippen molar-refractivity contribution in [3.05, 3.63) is 135 Å². The number of carbonyl (C=O) groups excluding carboxylic acids is 1. The lowest BCUT2D eigenvalue weighted by Gasteiger charge is -2.49. The van der Waals surface area contributed by atoms with E-state index in [4.69, 9.17) is 19.4 Å². The van der Waals surface area contributed by atoms with E-state index in [0.29, 0.717) is 51.3 Å². The average Bonchev–Trinajstić information content (AvgIpc) is 3.10. The van der Waals surface area contributed by atoms with Crippen LogP contribution in [0.4, 0.5) is 5.69 Å². The molecule has 0 spiro atoms. The third-order valence-electron chi connectivity index (χ3n) is 9.87. The van der Waals surface area contributed by atoms with E-state index in [1.807, 2.05) is 48.5 Å². The number of hydrogen-bond donors (Lipinski definition) is 0. The number of hydrogen-bond acceptors (Lipinski definition) is 7. The van der Waals surface area contributed by atoms with Gasteiger partial charge in [-0.3, -0.25) is 14.9 Å². The standard InChI is InChI=1S/C40H33N3O5/c1-23(2)10-9-19-40(3)30-22-47-33-18-16-26(43(45)46)21-29(33)34(30)35-37-36(27-13-7-8-14-28(27)39(35)48-40)41-31-17-15-25(20-32(31)42-37)38(44)24-11-5-4-6-12-24/h4-8,10-18,20-21,30,34H,9,19,22H2,1-3H3/t30-,34+,40+/m0/s1. The highest BCUT2D eigenvalue weighted by Gasteiger charge is 2.51. The lowest BCUT2D eigenvalue weighted by molar-refractivity contribution is -0.385. The molecule has 8 heteroatoms. The monoisotopic (exact) mass is 635 g/mol. The first-order valence-electron chi connectivity index (χ1n) is 16.2. The van der Waals surface area contributed by atoms with Gasteiger partial charge in [0.1, 0.15) is 17.1 Å². The minimum Gasteiger partial charge on any atom is -0.493 e. The maximum absolute atomic E-state index is 13.4. The molecule has 0 bridgehead atoms. The second kappa shape index (κ2) is 11.3. The van der Waals surface area contributed by atoms with Gasteiger partial charge in [0.15, 0.2) is 5.78 Å². The molecule has 0 saturated heterocycles. The van der Waals surface area contributed by atoms with E-state index in [2.05, 4.69) is 26.8 Å². The molecule has 1 aromatic heterocycles. The molecule has 0 amide bonds. The summed E-state index contributed by atoms with van der Waals surface area (Å²) in [7, 11) is 0. The van der Waals surface area contributed by atoms with Crippen molar-refractivity contribution < 1.29 is 19.2 Å². The van der Waals surface area contributed by atoms with Gasteiger partial charge in [0, 0.05) is 57.0 Å². The molecule has 0 N–H and O–H groups in total. The lowest BCUT2D eigenvalue weighted by atomic mass is 9.67. The highest BCUT2D eigenvalue weighted by Crippen LogP contribution is 2.57. The molecule has 8 nitrogen and oxygen atoms in total. The summed E-state index contributed by atoms with van der Waals surface area (Å²) in [4.78, 5) is 35.5. The summed E-state index contributed by atoms with van der Waals surface area (Å²) < 4.78 is 13.5. The molecule has 0 radical (unpaired) electrons. The van der Waals surface area contributed by atoms with Crippen LogP contribution >= 0.6 is 0 Å². The highest BCUT2D eigenvalue weighted by atomic mass is 16.6. The van der Waals surface area contributed by atoms with Crippen LogP contribution in [0.3, 0.4) is 0 Å². The van der Waals surface area contributed by atoms with Crippen molar-refractivity contribution in [1.29, 1.82) is 0 Å². The minimum absolute atomic E-state index is 0.00276. The van der Waals surface area contributed by atoms with Crippen LogP contribution in [0, 0.1) is 16.0 Å². The number of nitro benzene ring substituents is 1. The SMILES string of the molecule is CC(C)=CCC[C@@]1(C)Oc2c(c3nc4cc(C(=O)c5ccccc5)ccc4nc3c3ccccc23)[C@@H]2c3cc([N+](=O)[O-])ccc3OC[C@@H]21. The van der Waals surface area contributed by atoms with Gasteiger partial charge in [-0.25, -0.2) is 9.97 Å². The molecule has 0 saturated carbocycles. The maximum atomic E-state index is 13.4. The zero-order chi connectivity index (χ0) is 33.2. The highest BCUT2D eigenvalue weighted by molar-refractivity contribution is 6.13. The Balaban J connectivity index is 1.42. The van der Waals surface area contributed by atoms with Gasteiger partial charge >= 0.3 is 0 Å². The smallest absolute Gasteiger partial charge is 0.269 e. The van der Waals surface area contributed by atoms with Crippen molar-refractivity contribution in [3.63, 3.8) is 0 Å². The van der Waals surface area contributed by atoms with Crippen molar-refractivity contribution in [2.75, 3.05) is 6.61 Å². The van der Waals surface area contributed by atoms with Gasteiger partial charge in [0.05, 0.1) is 33.6 Å². The molecular weight excluding hydrogens is 602 g/mol. The largest absolute Gasteiger partial charge is 0.493 e. The normalized spacial score (nSPS) is 19.5. The number of non-ortho nitro benzene ring substituents is 1. The number of allylic oxidation sites excluding steroid dienone is 2. The predicted octanol–water partition coefficient (Wildman–Crippen LogP) is 9.11. The van der Waals surface area contributed by atoms with Gasteiger partial charge in [-0.1, -0.05) is 66.2 Å². The van der Waals surface area contributed by atoms with E-state index in [1.54, 1.807) is 36.4 Å². The van der Waals surface area contributed by atoms with E-state index in [0.717, 1.165) is 34.7 Å². The lowest BCUT2D eigenvalue weighted by Crippen LogP contribution is -2.51. The minimum atomic E-state index is -0.651. The summed E-state index contributed by atoms with van der Waals surface area (Å²) in [5.74, 6) is 0.747. The predicted molar refractivity (Wildman–Crippen MR) is 186 cm³/mol. The molecule has 8 rings (SSSR count). The number of rotatable bonds is 6. The number of fused-ring (bicyclic) bond motifs is 11. The van der Waals surface area contributed by atoms with Crippen LogP contribution in [0.15, 0.2) is 103 Å². The summed E-state index contributed by atoms with van der Waals surface area (Å²) in [6.45, 7) is 6.68. The number of carbonyl (C=O) groups is 1. The van der Waals surface area contributed by atoms with Gasteiger partial charge in [-0.2, -0.15) is 0 Å². The molecule has 48 heavy (non-hydrogen) atoms. The van der Waals surface area contributed by atoms with Crippen LogP contribution in [0.5, 0.6) is 11.5 Å². The molecule has 3 heterocycles. The number of nitrogens with zero attached hydrogens (tertiary/aromatic N) is 3. The summed E-state index contributed by atoms with van der Waals surface area (Å²) in [5, 5.41) is 13.8. The van der Waals surface area contributed by atoms with Crippen molar-refractivity contribution >= 4 is 44.3 Å². The number of aromatic nitrogens is 2. The van der Waals surface area contributed by atoms with E-state index in [1.165, 1.54) is 11.6 Å². The van der Waals surface area contributed by atoms with Crippen LogP contribution < -0.4 is 9.47 Å². The molecule has 0 unspecified atom stereocenters. The molecule has 6 aromatic rings. The van der Waals surface area contributed by atoms with E-state index >= 15 is 0 Å². The second-order valence-electron chi connectivity index (χ2n) is 13.2. The Morgan fingerprint density at radius 1 is 0.917 bits per heavy atom. The van der Waals surface area contributed by atoms with E-state index < -0.39 is 5.60 Å². The molecule has 0 aliphatic carbocycles. The Hall–Kier alpha value is -5.63. The Morgan fingerprint density at radius 2 is 1.67 bits per heavy atom. The summed E-state index contributed by atoms with van der Waals surface area (Å²) in [5.41, 5.74) is 5.90. The summed E-state index contributed by atoms with van der Waals surface area (Å²) in [6.07, 6.45) is 3.76. The fourth-order valence-electron chi connectivity index (χ4n) is 7.46. The molecule has 5 aromatic carbocycles. The van der Waals surface area contributed by atoms with E-state index in [-0.39, 0.29) is 28.2 Å². The number of ether oxygens (including phenoxy) is 2. The van der Waals surface area contributed by atoms with Gasteiger partial charge in [-0.05, 0) is 57.9 Å². The zero-order valence-corrected chi connectivity index (χ0v) is 26.9. The van der Waals surface area contributed by atoms with Crippen molar-refractivity contribution in [2.24, 2.45) is 5.92 Å². The average molecular weight is 636 g/mol. The van der Waals surface area contributed by atoms with Crippen LogP contribution in [-0.2, 0) is 0 Å². The van der Waals surface area contributed by atoms with Crippen LogP contribution in [-0.4, -0.2) is 32.9 Å². The van der Waals surface area contributed by atoms with Crippen molar-refractivity contribution in [3.8, 4) is 11.5 Å². The van der Waals surface area contributed by atoms with Crippen LogP contribution in [0.2, 0.25) is 0 Å². The Bertz CT molecular complexity index is 2330. The number of ketones is 1. The molecule has 238 valence electrons. The van der Waals surface area contributed by atoms with Crippen LogP contribution in [0.1, 0.15) is 66.6 Å². The number of nitro groups is 1. The first kappa shape index (κ1) is 29.8. The Morgan fingerprint density at radius 3 is 2.44 bits per heavy atom. The topological polar surface area (TPSA) is 104 Å². The zero-order valence-electron chi connectivity index (χ0n) is 26.9. The molecule has 0 fully saturated rings. The van der Waals surface area contributed by atoms with Gasteiger partial charge in [0.25, 0.3) is 5.69 Å². The Kier molecular flexibility index (Phi) is 6.98. The first-order chi connectivity index (χ1) is 23.2. The van der Waals surface area contributed by atoms with E-state index in [9.17, 15) is 14.9 Å². The quantitative estimate of drug-likeness (QED) is 0.0449. The fraction of sp³-hybridized carbons (Fsp3) is 0.225. The van der Waals surface area contributed by atoms with Crippen LogP contribution in [0.25, 0.3) is 32.8 Å². The van der Waals surface area contributed by atoms with Gasteiger partial charge < -0.3 is 9.47 Å². The third-order valence-corrected chi connectivity index (χ3v) is 9.87.